The molecule has 0 spiro atoms. The number of benzene rings is 3. The second-order valence-corrected chi connectivity index (χ2v) is 7.29. The molecule has 6 heteroatoms. The molecule has 0 radical (unpaired) electrons. The molecule has 5 nitrogen and oxygen atoms in total. The first-order chi connectivity index (χ1) is 14.6. The van der Waals surface area contributed by atoms with Gasteiger partial charge in [-0.3, -0.25) is 4.79 Å². The molecule has 1 N–H and O–H groups in total. The Morgan fingerprint density at radius 1 is 1.07 bits per heavy atom. The summed E-state index contributed by atoms with van der Waals surface area (Å²) in [5.41, 5.74) is 3.84. The minimum absolute atomic E-state index is 0.168. The van der Waals surface area contributed by atoms with Gasteiger partial charge in [-0.1, -0.05) is 35.9 Å². The lowest BCUT2D eigenvalue weighted by Gasteiger charge is -2.07. The minimum atomic E-state index is -0.168. The molecule has 0 bridgehead atoms. The lowest BCUT2D eigenvalue weighted by Crippen LogP contribution is -2.22. The van der Waals surface area contributed by atoms with Crippen LogP contribution in [0.15, 0.2) is 71.1 Å². The van der Waals surface area contributed by atoms with E-state index in [9.17, 15) is 4.79 Å². The topological polar surface area (TPSA) is 64.4 Å². The van der Waals surface area contributed by atoms with E-state index >= 15 is 0 Å². The third-order valence-electron chi connectivity index (χ3n) is 4.63. The van der Waals surface area contributed by atoms with Crippen molar-refractivity contribution in [2.45, 2.75) is 19.9 Å². The van der Waals surface area contributed by atoms with Crippen LogP contribution in [0, 0.1) is 0 Å². The highest BCUT2D eigenvalue weighted by atomic mass is 35.5. The molecule has 3 aromatic carbocycles. The van der Waals surface area contributed by atoms with E-state index in [0.717, 1.165) is 22.4 Å². The van der Waals surface area contributed by atoms with Gasteiger partial charge in [-0.2, -0.15) is 0 Å². The Balaban J connectivity index is 1.42. The van der Waals surface area contributed by atoms with Gasteiger partial charge in [-0.15, -0.1) is 0 Å². The first kappa shape index (κ1) is 20.0. The predicted molar refractivity (Wildman–Crippen MR) is 117 cm³/mol. The van der Waals surface area contributed by atoms with Gasteiger partial charge in [0.15, 0.2) is 11.5 Å². The zero-order valence-corrected chi connectivity index (χ0v) is 17.3. The standard InChI is InChI=1S/C24H21ClN2O3/c1-2-29-20-9-6-16(7-10-20)15-26-24(28)18-8-11-21-22(14-18)30-23(27-21)13-17-4-3-5-19(25)12-17/h3-12,14H,2,13,15H2,1H3,(H,26,28). The van der Waals surface area contributed by atoms with Crippen LogP contribution in [0.25, 0.3) is 11.1 Å². The molecule has 0 atom stereocenters. The number of hydrogen-bond donors (Lipinski definition) is 1. The molecule has 1 heterocycles. The SMILES string of the molecule is CCOc1ccc(CNC(=O)c2ccc3nc(Cc4cccc(Cl)c4)oc3c2)cc1. The first-order valence-electron chi connectivity index (χ1n) is 9.74. The average Bonchev–Trinajstić information content (AvgIpc) is 3.14. The molecule has 0 aliphatic heterocycles. The van der Waals surface area contributed by atoms with Gasteiger partial charge in [0.25, 0.3) is 5.91 Å². The van der Waals surface area contributed by atoms with Crippen molar-refractivity contribution in [3.05, 3.63) is 94.3 Å². The van der Waals surface area contributed by atoms with Crippen LogP contribution in [0.3, 0.4) is 0 Å². The Labute approximate surface area is 179 Å². The van der Waals surface area contributed by atoms with Crippen LogP contribution < -0.4 is 10.1 Å². The van der Waals surface area contributed by atoms with Gasteiger partial charge in [-0.25, -0.2) is 4.98 Å². The molecular formula is C24H21ClN2O3. The van der Waals surface area contributed by atoms with Crippen molar-refractivity contribution in [1.82, 2.24) is 10.3 Å². The predicted octanol–water partition coefficient (Wildman–Crippen LogP) is 5.40. The lowest BCUT2D eigenvalue weighted by atomic mass is 10.1. The number of rotatable bonds is 7. The van der Waals surface area contributed by atoms with Gasteiger partial charge in [0.2, 0.25) is 0 Å². The van der Waals surface area contributed by atoms with Crippen LogP contribution in [-0.2, 0) is 13.0 Å². The van der Waals surface area contributed by atoms with Crippen LogP contribution in [0.1, 0.15) is 34.3 Å². The number of ether oxygens (including phenoxy) is 1. The largest absolute Gasteiger partial charge is 0.494 e. The molecular weight excluding hydrogens is 400 g/mol. The van der Waals surface area contributed by atoms with Gasteiger partial charge in [0.1, 0.15) is 11.3 Å². The van der Waals surface area contributed by atoms with Gasteiger partial charge in [-0.05, 0) is 60.5 Å². The fourth-order valence-corrected chi connectivity index (χ4v) is 3.38. The Kier molecular flexibility index (Phi) is 6.00. The number of oxazole rings is 1. The van der Waals surface area contributed by atoms with Crippen molar-refractivity contribution in [3.63, 3.8) is 0 Å². The Morgan fingerprint density at radius 3 is 2.67 bits per heavy atom. The minimum Gasteiger partial charge on any atom is -0.494 e. The van der Waals surface area contributed by atoms with Crippen molar-refractivity contribution in [2.75, 3.05) is 6.61 Å². The number of amides is 1. The third-order valence-corrected chi connectivity index (χ3v) is 4.86. The summed E-state index contributed by atoms with van der Waals surface area (Å²) in [6, 6.07) is 20.5. The highest BCUT2D eigenvalue weighted by Crippen LogP contribution is 2.21. The van der Waals surface area contributed by atoms with Crippen molar-refractivity contribution < 1.29 is 13.9 Å². The smallest absolute Gasteiger partial charge is 0.251 e. The van der Waals surface area contributed by atoms with E-state index in [-0.39, 0.29) is 5.91 Å². The van der Waals surface area contributed by atoms with E-state index in [1.165, 1.54) is 0 Å². The van der Waals surface area contributed by atoms with E-state index in [1.807, 2.05) is 55.5 Å². The molecule has 0 fully saturated rings. The summed E-state index contributed by atoms with van der Waals surface area (Å²) >= 11 is 6.04. The second kappa shape index (κ2) is 9.01. The van der Waals surface area contributed by atoms with E-state index in [4.69, 9.17) is 20.8 Å². The molecule has 4 rings (SSSR count). The maximum absolute atomic E-state index is 12.6. The fourth-order valence-electron chi connectivity index (χ4n) is 3.17. The maximum atomic E-state index is 12.6. The number of nitrogens with one attached hydrogen (secondary N) is 1. The molecule has 30 heavy (non-hydrogen) atoms. The first-order valence-corrected chi connectivity index (χ1v) is 10.1. The van der Waals surface area contributed by atoms with Gasteiger partial charge >= 0.3 is 0 Å². The Hall–Kier alpha value is -3.31. The van der Waals surface area contributed by atoms with E-state index < -0.39 is 0 Å². The van der Waals surface area contributed by atoms with Crippen LogP contribution in [0.4, 0.5) is 0 Å². The lowest BCUT2D eigenvalue weighted by molar-refractivity contribution is 0.0951. The van der Waals surface area contributed by atoms with Crippen molar-refractivity contribution in [3.8, 4) is 5.75 Å². The monoisotopic (exact) mass is 420 g/mol. The van der Waals surface area contributed by atoms with Crippen LogP contribution in [0.5, 0.6) is 5.75 Å². The van der Waals surface area contributed by atoms with Crippen molar-refractivity contribution >= 4 is 28.6 Å². The summed E-state index contributed by atoms with van der Waals surface area (Å²) in [6.45, 7) is 3.00. The second-order valence-electron chi connectivity index (χ2n) is 6.86. The number of halogens is 1. The molecule has 0 aliphatic rings. The van der Waals surface area contributed by atoms with Gasteiger partial charge in [0.05, 0.1) is 6.61 Å². The molecule has 4 aromatic rings. The summed E-state index contributed by atoms with van der Waals surface area (Å²) in [4.78, 5) is 17.1. The van der Waals surface area contributed by atoms with E-state index in [2.05, 4.69) is 10.3 Å². The Morgan fingerprint density at radius 2 is 1.90 bits per heavy atom. The van der Waals surface area contributed by atoms with Gasteiger partial charge < -0.3 is 14.5 Å². The van der Waals surface area contributed by atoms with Crippen LogP contribution in [0.2, 0.25) is 5.02 Å². The Bertz CT molecular complexity index is 1170. The number of carbonyl (C=O) groups is 1. The molecule has 0 saturated carbocycles. The van der Waals surface area contributed by atoms with Crippen LogP contribution >= 0.6 is 11.6 Å². The molecule has 0 unspecified atom stereocenters. The molecule has 0 saturated heterocycles. The molecule has 0 aliphatic carbocycles. The van der Waals surface area contributed by atoms with Crippen LogP contribution in [-0.4, -0.2) is 17.5 Å². The van der Waals surface area contributed by atoms with Gasteiger partial charge in [0, 0.05) is 23.6 Å². The third kappa shape index (κ3) is 4.81. The summed E-state index contributed by atoms with van der Waals surface area (Å²) in [7, 11) is 0. The maximum Gasteiger partial charge on any atom is 0.251 e. The average molecular weight is 421 g/mol. The summed E-state index contributed by atoms with van der Waals surface area (Å²) in [5.74, 6) is 1.23. The normalized spacial score (nSPS) is 10.9. The zero-order valence-electron chi connectivity index (χ0n) is 16.5. The quantitative estimate of drug-likeness (QED) is 0.434. The number of fused-ring (bicyclic) bond motifs is 1. The molecule has 152 valence electrons. The highest BCUT2D eigenvalue weighted by Gasteiger charge is 2.11. The molecule has 1 aromatic heterocycles. The number of aromatic nitrogens is 1. The van der Waals surface area contributed by atoms with Crippen molar-refractivity contribution in [2.24, 2.45) is 0 Å². The summed E-state index contributed by atoms with van der Waals surface area (Å²) < 4.78 is 11.3. The number of hydrogen-bond acceptors (Lipinski definition) is 4. The molecule has 1 amide bonds. The zero-order chi connectivity index (χ0) is 20.9. The fraction of sp³-hybridized carbons (Fsp3) is 0.167. The number of carbonyl (C=O) groups excluding carboxylic acids is 1. The highest BCUT2D eigenvalue weighted by molar-refractivity contribution is 6.30. The number of nitrogens with zero attached hydrogens (tertiary/aromatic N) is 1. The summed E-state index contributed by atoms with van der Waals surface area (Å²) in [6.07, 6.45) is 0.536. The van der Waals surface area contributed by atoms with Crippen molar-refractivity contribution in [1.29, 1.82) is 0 Å². The van der Waals surface area contributed by atoms with E-state index in [1.54, 1.807) is 18.2 Å². The summed E-state index contributed by atoms with van der Waals surface area (Å²) in [5, 5.41) is 3.60. The van der Waals surface area contributed by atoms with E-state index in [0.29, 0.717) is 41.6 Å².